The second kappa shape index (κ2) is 3.55. The highest BCUT2D eigenvalue weighted by Gasteiger charge is 2.13. The molecular formula is C9H17N. The van der Waals surface area contributed by atoms with Crippen LogP contribution in [0.3, 0.4) is 0 Å². The average Bonchev–Trinajstić information content (AvgIpc) is 1.80. The number of allylic oxidation sites excluding steroid dienone is 2. The minimum absolute atomic E-state index is 0.182. The normalized spacial score (nSPS) is 14.7. The van der Waals surface area contributed by atoms with Gasteiger partial charge < -0.3 is 0 Å². The van der Waals surface area contributed by atoms with Gasteiger partial charge in [-0.15, -0.1) is 0 Å². The molecule has 0 radical (unpaired) electrons. The predicted octanol–water partition coefficient (Wildman–Crippen LogP) is 3.03. The van der Waals surface area contributed by atoms with Crippen molar-refractivity contribution in [2.75, 3.05) is 0 Å². The van der Waals surface area contributed by atoms with E-state index in [2.05, 4.69) is 31.8 Å². The summed E-state index contributed by atoms with van der Waals surface area (Å²) in [6.45, 7) is 10.4. The first-order valence-corrected chi connectivity index (χ1v) is 3.68. The Bertz CT molecular complexity index is 147. The molecule has 58 valence electrons. The number of aliphatic imine (C=N–C) groups is 1. The van der Waals surface area contributed by atoms with Crippen molar-refractivity contribution >= 4 is 6.21 Å². The first-order chi connectivity index (χ1) is 4.52. The standard InChI is InChI=1S/C9H17N/c1-6-8(10-7-2)9(3,4)5/h6-7H,1-5H3/b8-6-,10-7-. The van der Waals surface area contributed by atoms with Crippen molar-refractivity contribution in [1.29, 1.82) is 0 Å². The highest BCUT2D eigenvalue weighted by Crippen LogP contribution is 2.25. The molecule has 0 saturated carbocycles. The summed E-state index contributed by atoms with van der Waals surface area (Å²) in [6.07, 6.45) is 3.89. The monoisotopic (exact) mass is 139 g/mol. The van der Waals surface area contributed by atoms with Crippen LogP contribution in [0.15, 0.2) is 16.8 Å². The molecule has 1 heteroatoms. The van der Waals surface area contributed by atoms with Crippen LogP contribution in [0, 0.1) is 5.41 Å². The first kappa shape index (κ1) is 9.41. The molecule has 0 N–H and O–H groups in total. The van der Waals surface area contributed by atoms with Gasteiger partial charge in [0.05, 0.1) is 0 Å². The average molecular weight is 139 g/mol. The lowest BCUT2D eigenvalue weighted by molar-refractivity contribution is 0.498. The van der Waals surface area contributed by atoms with E-state index in [0.717, 1.165) is 5.70 Å². The minimum atomic E-state index is 0.182. The van der Waals surface area contributed by atoms with Crippen LogP contribution in [0.5, 0.6) is 0 Å². The van der Waals surface area contributed by atoms with E-state index in [1.807, 2.05) is 20.1 Å². The topological polar surface area (TPSA) is 12.4 Å². The molecule has 0 saturated heterocycles. The molecule has 1 nitrogen and oxygen atoms in total. The molecule has 0 aliphatic heterocycles. The van der Waals surface area contributed by atoms with Crippen molar-refractivity contribution in [3.63, 3.8) is 0 Å². The molecule has 10 heavy (non-hydrogen) atoms. The van der Waals surface area contributed by atoms with Gasteiger partial charge in [-0.05, 0) is 13.8 Å². The van der Waals surface area contributed by atoms with Crippen LogP contribution in [0.2, 0.25) is 0 Å². The largest absolute Gasteiger partial charge is 0.266 e. The molecule has 0 rings (SSSR count). The van der Waals surface area contributed by atoms with Crippen LogP contribution in [-0.2, 0) is 0 Å². The van der Waals surface area contributed by atoms with Gasteiger partial charge in [-0.25, -0.2) is 0 Å². The highest BCUT2D eigenvalue weighted by molar-refractivity contribution is 5.55. The maximum atomic E-state index is 4.25. The Balaban J connectivity index is 4.39. The van der Waals surface area contributed by atoms with Crippen molar-refractivity contribution in [3.05, 3.63) is 11.8 Å². The fraction of sp³-hybridized carbons (Fsp3) is 0.667. The van der Waals surface area contributed by atoms with Gasteiger partial charge >= 0.3 is 0 Å². The third-order valence-electron chi connectivity index (χ3n) is 1.31. The summed E-state index contributed by atoms with van der Waals surface area (Å²) in [5.74, 6) is 0. The van der Waals surface area contributed by atoms with Crippen LogP contribution >= 0.6 is 0 Å². The van der Waals surface area contributed by atoms with Crippen LogP contribution in [-0.4, -0.2) is 6.21 Å². The number of hydrogen-bond donors (Lipinski definition) is 0. The molecule has 0 aromatic rings. The van der Waals surface area contributed by atoms with Gasteiger partial charge in [0, 0.05) is 17.3 Å². The molecule has 0 aliphatic rings. The second-order valence-electron chi connectivity index (χ2n) is 3.31. The fourth-order valence-corrected chi connectivity index (χ4v) is 0.840. The van der Waals surface area contributed by atoms with E-state index >= 15 is 0 Å². The second-order valence-corrected chi connectivity index (χ2v) is 3.31. The van der Waals surface area contributed by atoms with Gasteiger partial charge in [-0.3, -0.25) is 4.99 Å². The summed E-state index contributed by atoms with van der Waals surface area (Å²) in [5, 5.41) is 0. The molecule has 0 bridgehead atoms. The number of hydrogen-bond acceptors (Lipinski definition) is 1. The summed E-state index contributed by atoms with van der Waals surface area (Å²) in [7, 11) is 0. The van der Waals surface area contributed by atoms with E-state index in [-0.39, 0.29) is 5.41 Å². The van der Waals surface area contributed by atoms with Crippen LogP contribution in [0.1, 0.15) is 34.6 Å². The maximum Gasteiger partial charge on any atom is 0.0410 e. The molecule has 0 heterocycles. The molecule has 0 aromatic carbocycles. The van der Waals surface area contributed by atoms with Crippen molar-refractivity contribution in [1.82, 2.24) is 0 Å². The van der Waals surface area contributed by atoms with Crippen LogP contribution < -0.4 is 0 Å². The Kier molecular flexibility index (Phi) is 3.34. The lowest BCUT2D eigenvalue weighted by atomic mass is 9.92. The minimum Gasteiger partial charge on any atom is -0.266 e. The van der Waals surface area contributed by atoms with Gasteiger partial charge in [-0.2, -0.15) is 0 Å². The van der Waals surface area contributed by atoms with Gasteiger partial charge in [0.2, 0.25) is 0 Å². The zero-order valence-corrected chi connectivity index (χ0v) is 7.60. The smallest absolute Gasteiger partial charge is 0.0410 e. The van der Waals surface area contributed by atoms with E-state index in [0.29, 0.717) is 0 Å². The molecule has 0 aliphatic carbocycles. The van der Waals surface area contributed by atoms with E-state index in [9.17, 15) is 0 Å². The molecule has 0 atom stereocenters. The number of nitrogens with zero attached hydrogens (tertiary/aromatic N) is 1. The Morgan fingerprint density at radius 1 is 1.20 bits per heavy atom. The van der Waals surface area contributed by atoms with E-state index in [1.54, 1.807) is 0 Å². The SMILES string of the molecule is C/C=N\C(=C/C)C(C)(C)C. The zero-order valence-electron chi connectivity index (χ0n) is 7.60. The number of rotatable bonds is 1. The molecule has 0 unspecified atom stereocenters. The first-order valence-electron chi connectivity index (χ1n) is 3.68. The van der Waals surface area contributed by atoms with Crippen molar-refractivity contribution in [2.45, 2.75) is 34.6 Å². The van der Waals surface area contributed by atoms with Crippen molar-refractivity contribution < 1.29 is 0 Å². The van der Waals surface area contributed by atoms with Gasteiger partial charge in [0.15, 0.2) is 0 Å². The van der Waals surface area contributed by atoms with E-state index in [4.69, 9.17) is 0 Å². The Hall–Kier alpha value is -0.590. The van der Waals surface area contributed by atoms with Crippen molar-refractivity contribution in [2.24, 2.45) is 10.4 Å². The summed E-state index contributed by atoms with van der Waals surface area (Å²) in [4.78, 5) is 4.25. The third kappa shape index (κ3) is 2.81. The Morgan fingerprint density at radius 3 is 1.80 bits per heavy atom. The summed E-state index contributed by atoms with van der Waals surface area (Å²) in [6, 6.07) is 0. The lowest BCUT2D eigenvalue weighted by Crippen LogP contribution is -2.07. The summed E-state index contributed by atoms with van der Waals surface area (Å²) in [5.41, 5.74) is 1.33. The molecule has 0 spiro atoms. The van der Waals surface area contributed by atoms with Crippen LogP contribution in [0.25, 0.3) is 0 Å². The van der Waals surface area contributed by atoms with E-state index < -0.39 is 0 Å². The predicted molar refractivity (Wildman–Crippen MR) is 47.4 cm³/mol. The molecule has 0 aromatic heterocycles. The lowest BCUT2D eigenvalue weighted by Gasteiger charge is -2.18. The van der Waals surface area contributed by atoms with Gasteiger partial charge in [0.25, 0.3) is 0 Å². The Labute approximate surface area is 63.9 Å². The van der Waals surface area contributed by atoms with E-state index in [1.165, 1.54) is 0 Å². The quantitative estimate of drug-likeness (QED) is 0.495. The maximum absolute atomic E-state index is 4.25. The fourth-order valence-electron chi connectivity index (χ4n) is 0.840. The summed E-state index contributed by atoms with van der Waals surface area (Å²) >= 11 is 0. The molecule has 0 amide bonds. The van der Waals surface area contributed by atoms with Gasteiger partial charge in [-0.1, -0.05) is 26.8 Å². The third-order valence-corrected chi connectivity index (χ3v) is 1.31. The highest BCUT2D eigenvalue weighted by atomic mass is 14.7. The zero-order chi connectivity index (χ0) is 8.20. The van der Waals surface area contributed by atoms with Crippen LogP contribution in [0.4, 0.5) is 0 Å². The molecule has 0 fully saturated rings. The van der Waals surface area contributed by atoms with Gasteiger partial charge in [0.1, 0.15) is 0 Å². The summed E-state index contributed by atoms with van der Waals surface area (Å²) < 4.78 is 0. The van der Waals surface area contributed by atoms with Crippen molar-refractivity contribution in [3.8, 4) is 0 Å². The Morgan fingerprint density at radius 2 is 1.70 bits per heavy atom. The molecular weight excluding hydrogens is 122 g/mol.